The van der Waals surface area contributed by atoms with Gasteiger partial charge in [-0.3, -0.25) is 4.79 Å². The van der Waals surface area contributed by atoms with Gasteiger partial charge in [0.1, 0.15) is 17.4 Å². The Labute approximate surface area is 180 Å². The molecule has 1 aliphatic rings. The molecule has 8 heteroatoms. The van der Waals surface area contributed by atoms with Crippen LogP contribution in [0.2, 0.25) is 0 Å². The number of para-hydroxylation sites is 2. The quantitative estimate of drug-likeness (QED) is 0.547. The third kappa shape index (κ3) is 5.97. The SMILES string of the molecule is CC(C)(C)OC(=O)N[C@@H](CCC(=O)Nc1cccc2c1Oc1ccccc1C2)C(=O)O. The van der Waals surface area contributed by atoms with Crippen molar-refractivity contribution < 1.29 is 29.0 Å². The summed E-state index contributed by atoms with van der Waals surface area (Å²) in [6, 6.07) is 12.0. The van der Waals surface area contributed by atoms with E-state index in [4.69, 9.17) is 9.47 Å². The van der Waals surface area contributed by atoms with Crippen LogP contribution in [0.25, 0.3) is 0 Å². The Morgan fingerprint density at radius 2 is 1.81 bits per heavy atom. The van der Waals surface area contributed by atoms with Crippen LogP contribution >= 0.6 is 0 Å². The molecule has 0 saturated carbocycles. The molecule has 0 radical (unpaired) electrons. The zero-order chi connectivity index (χ0) is 22.6. The summed E-state index contributed by atoms with van der Waals surface area (Å²) in [6.07, 6.45) is -0.341. The van der Waals surface area contributed by atoms with Crippen molar-refractivity contribution in [3.63, 3.8) is 0 Å². The molecular weight excluding hydrogens is 400 g/mol. The summed E-state index contributed by atoms with van der Waals surface area (Å²) in [6.45, 7) is 5.03. The van der Waals surface area contributed by atoms with E-state index in [1.54, 1.807) is 26.8 Å². The monoisotopic (exact) mass is 426 g/mol. The third-order valence-electron chi connectivity index (χ3n) is 4.59. The first-order valence-electron chi connectivity index (χ1n) is 10.0. The van der Waals surface area contributed by atoms with Gasteiger partial charge < -0.3 is 25.2 Å². The Bertz CT molecular complexity index is 996. The maximum Gasteiger partial charge on any atom is 0.408 e. The molecule has 1 aliphatic heterocycles. The number of anilines is 1. The fourth-order valence-corrected chi connectivity index (χ4v) is 3.20. The molecule has 31 heavy (non-hydrogen) atoms. The largest absolute Gasteiger partial charge is 0.480 e. The van der Waals surface area contributed by atoms with E-state index in [0.717, 1.165) is 16.9 Å². The first kappa shape index (κ1) is 22.1. The average Bonchev–Trinajstić information content (AvgIpc) is 2.68. The normalized spacial score (nSPS) is 13.1. The van der Waals surface area contributed by atoms with Crippen LogP contribution in [-0.2, 0) is 20.7 Å². The summed E-state index contributed by atoms with van der Waals surface area (Å²) in [5, 5.41) is 14.4. The molecule has 2 aromatic carbocycles. The van der Waals surface area contributed by atoms with Crippen LogP contribution < -0.4 is 15.4 Å². The van der Waals surface area contributed by atoms with Crippen molar-refractivity contribution in [2.75, 3.05) is 5.32 Å². The summed E-state index contributed by atoms with van der Waals surface area (Å²) in [5.41, 5.74) is 1.78. The van der Waals surface area contributed by atoms with Crippen LogP contribution in [0, 0.1) is 0 Å². The standard InChI is InChI=1S/C23H26N2O6/c1-23(2,3)31-22(29)25-17(21(27)28)11-12-19(26)24-16-9-6-8-15-13-14-7-4-5-10-18(14)30-20(15)16/h4-10,17H,11-13H2,1-3H3,(H,24,26)(H,25,29)(H,27,28)/t17-/m0/s1. The number of carboxylic acids is 1. The number of hydrogen-bond donors (Lipinski definition) is 3. The van der Waals surface area contributed by atoms with Crippen LogP contribution in [0.4, 0.5) is 10.5 Å². The molecule has 0 fully saturated rings. The number of carboxylic acid groups (broad SMARTS) is 1. The lowest BCUT2D eigenvalue weighted by atomic mass is 9.99. The number of alkyl carbamates (subject to hydrolysis) is 1. The minimum Gasteiger partial charge on any atom is -0.480 e. The van der Waals surface area contributed by atoms with Gasteiger partial charge in [0.25, 0.3) is 0 Å². The van der Waals surface area contributed by atoms with Crippen LogP contribution in [0.3, 0.4) is 0 Å². The van der Waals surface area contributed by atoms with Crippen molar-refractivity contribution in [2.45, 2.75) is 51.7 Å². The van der Waals surface area contributed by atoms with Crippen LogP contribution in [0.1, 0.15) is 44.7 Å². The first-order valence-corrected chi connectivity index (χ1v) is 10.0. The number of nitrogens with one attached hydrogen (secondary N) is 2. The molecule has 1 atom stereocenters. The Hall–Kier alpha value is -3.55. The Morgan fingerprint density at radius 1 is 1.10 bits per heavy atom. The summed E-state index contributed by atoms with van der Waals surface area (Å²) in [4.78, 5) is 35.8. The van der Waals surface area contributed by atoms with Crippen LogP contribution in [-0.4, -0.2) is 34.7 Å². The molecule has 0 bridgehead atoms. The third-order valence-corrected chi connectivity index (χ3v) is 4.59. The average molecular weight is 426 g/mol. The molecule has 0 spiro atoms. The summed E-state index contributed by atoms with van der Waals surface area (Å²) in [5.74, 6) is -0.302. The predicted octanol–water partition coefficient (Wildman–Crippen LogP) is 4.08. The molecule has 3 rings (SSSR count). The first-order chi connectivity index (χ1) is 14.6. The van der Waals surface area contributed by atoms with Gasteiger partial charge in [-0.25, -0.2) is 9.59 Å². The van der Waals surface area contributed by atoms with Gasteiger partial charge in [0, 0.05) is 18.4 Å². The number of fused-ring (bicyclic) bond motifs is 2. The lowest BCUT2D eigenvalue weighted by Crippen LogP contribution is -2.43. The Kier molecular flexibility index (Phi) is 6.48. The van der Waals surface area contributed by atoms with Crippen LogP contribution in [0.15, 0.2) is 42.5 Å². The van der Waals surface area contributed by atoms with E-state index in [1.165, 1.54) is 0 Å². The predicted molar refractivity (Wildman–Crippen MR) is 114 cm³/mol. The highest BCUT2D eigenvalue weighted by atomic mass is 16.6. The number of rotatable bonds is 6. The van der Waals surface area contributed by atoms with Gasteiger partial charge in [-0.05, 0) is 44.9 Å². The van der Waals surface area contributed by atoms with Gasteiger partial charge in [0.2, 0.25) is 5.91 Å². The van der Waals surface area contributed by atoms with Gasteiger partial charge in [-0.2, -0.15) is 0 Å². The molecule has 0 aliphatic carbocycles. The fourth-order valence-electron chi connectivity index (χ4n) is 3.20. The van der Waals surface area contributed by atoms with Gasteiger partial charge >= 0.3 is 12.1 Å². The van der Waals surface area contributed by atoms with Crippen molar-refractivity contribution in [3.05, 3.63) is 53.6 Å². The number of hydrogen-bond acceptors (Lipinski definition) is 5. The van der Waals surface area contributed by atoms with E-state index in [9.17, 15) is 19.5 Å². The van der Waals surface area contributed by atoms with E-state index < -0.39 is 23.7 Å². The maximum absolute atomic E-state index is 12.5. The molecule has 3 N–H and O–H groups in total. The molecular formula is C23H26N2O6. The molecule has 0 aromatic heterocycles. The highest BCUT2D eigenvalue weighted by molar-refractivity contribution is 5.93. The molecule has 2 amide bonds. The second-order valence-electron chi connectivity index (χ2n) is 8.30. The lowest BCUT2D eigenvalue weighted by Gasteiger charge is -2.23. The minimum absolute atomic E-state index is 0.0842. The summed E-state index contributed by atoms with van der Waals surface area (Å²) < 4.78 is 11.1. The van der Waals surface area contributed by atoms with E-state index in [2.05, 4.69) is 10.6 Å². The summed E-state index contributed by atoms with van der Waals surface area (Å²) in [7, 11) is 0. The number of benzene rings is 2. The number of aliphatic carboxylic acids is 1. The minimum atomic E-state index is -1.24. The number of carbonyl (C=O) groups excluding carboxylic acids is 2. The van der Waals surface area contributed by atoms with Crippen molar-refractivity contribution in [1.82, 2.24) is 5.32 Å². The second kappa shape index (κ2) is 9.07. The van der Waals surface area contributed by atoms with Gasteiger partial charge in [-0.15, -0.1) is 0 Å². The molecule has 164 valence electrons. The zero-order valence-corrected chi connectivity index (χ0v) is 17.7. The number of carbonyl (C=O) groups is 3. The highest BCUT2D eigenvalue weighted by Crippen LogP contribution is 2.40. The number of ether oxygens (including phenoxy) is 2. The zero-order valence-electron chi connectivity index (χ0n) is 17.7. The smallest absolute Gasteiger partial charge is 0.408 e. The molecule has 0 unspecified atom stereocenters. The van der Waals surface area contributed by atoms with Crippen molar-refractivity contribution in [3.8, 4) is 11.5 Å². The van der Waals surface area contributed by atoms with Gasteiger partial charge in [-0.1, -0.05) is 30.3 Å². The van der Waals surface area contributed by atoms with Gasteiger partial charge in [0.05, 0.1) is 5.69 Å². The lowest BCUT2D eigenvalue weighted by molar-refractivity contribution is -0.139. The maximum atomic E-state index is 12.5. The Morgan fingerprint density at radius 3 is 2.52 bits per heavy atom. The van der Waals surface area contributed by atoms with Gasteiger partial charge in [0.15, 0.2) is 5.75 Å². The second-order valence-corrected chi connectivity index (χ2v) is 8.30. The van der Waals surface area contributed by atoms with Crippen molar-refractivity contribution in [1.29, 1.82) is 0 Å². The van der Waals surface area contributed by atoms with E-state index in [1.807, 2.05) is 36.4 Å². The fraction of sp³-hybridized carbons (Fsp3) is 0.348. The number of amides is 2. The van der Waals surface area contributed by atoms with E-state index in [-0.39, 0.29) is 18.7 Å². The van der Waals surface area contributed by atoms with E-state index >= 15 is 0 Å². The van der Waals surface area contributed by atoms with Crippen molar-refractivity contribution >= 4 is 23.7 Å². The Balaban J connectivity index is 1.61. The molecule has 0 saturated heterocycles. The van der Waals surface area contributed by atoms with Crippen molar-refractivity contribution in [2.24, 2.45) is 0 Å². The molecule has 2 aromatic rings. The topological polar surface area (TPSA) is 114 Å². The molecule has 1 heterocycles. The van der Waals surface area contributed by atoms with E-state index in [0.29, 0.717) is 17.9 Å². The molecule has 8 nitrogen and oxygen atoms in total. The highest BCUT2D eigenvalue weighted by Gasteiger charge is 2.25. The van der Waals surface area contributed by atoms with Crippen LogP contribution in [0.5, 0.6) is 11.5 Å². The summed E-state index contributed by atoms with van der Waals surface area (Å²) >= 11 is 0.